The third kappa shape index (κ3) is 7.93. The molecule has 0 heterocycles. The molecule has 7 nitrogen and oxygen atoms in total. The van der Waals surface area contributed by atoms with Gasteiger partial charge in [0, 0.05) is 18.1 Å². The minimum absolute atomic E-state index is 0.121. The Balaban J connectivity index is 2.13. The van der Waals surface area contributed by atoms with E-state index < -0.39 is 56.9 Å². The Morgan fingerprint density at radius 2 is 1.66 bits per heavy atom. The maximum atomic E-state index is 13.8. The molecule has 220 valence electrons. The van der Waals surface area contributed by atoms with E-state index in [4.69, 9.17) is 23.2 Å². The number of hydrogen-bond donors (Lipinski definition) is 1. The minimum Gasteiger partial charge on any atom is -0.355 e. The van der Waals surface area contributed by atoms with E-state index in [1.807, 2.05) is 0 Å². The van der Waals surface area contributed by atoms with Crippen molar-refractivity contribution in [2.45, 2.75) is 44.4 Å². The zero-order chi connectivity index (χ0) is 30.5. The van der Waals surface area contributed by atoms with Crippen molar-refractivity contribution in [3.63, 3.8) is 0 Å². The molecule has 0 bridgehead atoms. The van der Waals surface area contributed by atoms with Crippen LogP contribution in [0.5, 0.6) is 0 Å². The summed E-state index contributed by atoms with van der Waals surface area (Å²) >= 11 is 11.9. The number of sulfonamides is 1. The predicted octanol–water partition coefficient (Wildman–Crippen LogP) is 6.07. The summed E-state index contributed by atoms with van der Waals surface area (Å²) in [6.45, 7) is 4.16. The zero-order valence-corrected chi connectivity index (χ0v) is 24.7. The number of nitrogens with zero attached hydrogens (tertiary/aromatic N) is 2. The van der Waals surface area contributed by atoms with Crippen molar-refractivity contribution in [2.75, 3.05) is 17.4 Å². The molecule has 3 aromatic rings. The largest absolute Gasteiger partial charge is 0.417 e. The van der Waals surface area contributed by atoms with Gasteiger partial charge < -0.3 is 10.2 Å². The second kappa shape index (κ2) is 13.1. The van der Waals surface area contributed by atoms with E-state index in [9.17, 15) is 31.2 Å². The van der Waals surface area contributed by atoms with Gasteiger partial charge in [-0.3, -0.25) is 13.9 Å². The number of carbonyl (C=O) groups excluding carboxylic acids is 2. The fraction of sp³-hybridized carbons (Fsp3) is 0.286. The lowest BCUT2D eigenvalue weighted by Crippen LogP contribution is -2.51. The molecule has 0 aliphatic carbocycles. The summed E-state index contributed by atoms with van der Waals surface area (Å²) in [5.74, 6) is -1.33. The number of hydrogen-bond acceptors (Lipinski definition) is 4. The van der Waals surface area contributed by atoms with E-state index in [-0.39, 0.29) is 18.0 Å². The molecule has 0 aliphatic heterocycles. The van der Waals surface area contributed by atoms with Crippen LogP contribution in [-0.2, 0) is 32.3 Å². The van der Waals surface area contributed by atoms with Crippen LogP contribution in [0, 0.1) is 6.92 Å². The molecule has 0 spiro atoms. The second-order valence-corrected chi connectivity index (χ2v) is 11.9. The Kier molecular flexibility index (Phi) is 10.3. The fourth-order valence-corrected chi connectivity index (χ4v) is 5.83. The first-order valence-electron chi connectivity index (χ1n) is 12.4. The molecular weight excluding hydrogens is 602 g/mol. The van der Waals surface area contributed by atoms with E-state index in [1.54, 1.807) is 38.1 Å². The van der Waals surface area contributed by atoms with Crippen LogP contribution in [0.2, 0.25) is 10.0 Å². The summed E-state index contributed by atoms with van der Waals surface area (Å²) in [5.41, 5.74) is -0.384. The van der Waals surface area contributed by atoms with E-state index in [1.165, 1.54) is 31.2 Å². The third-order valence-electron chi connectivity index (χ3n) is 6.19. The molecule has 1 N–H and O–H groups in total. The number of carbonyl (C=O) groups is 2. The van der Waals surface area contributed by atoms with Gasteiger partial charge >= 0.3 is 6.18 Å². The summed E-state index contributed by atoms with van der Waals surface area (Å²) in [6, 6.07) is 13.7. The second-order valence-electron chi connectivity index (χ2n) is 9.21. The number of aryl methyl sites for hydroxylation is 1. The van der Waals surface area contributed by atoms with Gasteiger partial charge in [-0.05, 0) is 68.8 Å². The molecule has 3 aromatic carbocycles. The van der Waals surface area contributed by atoms with Gasteiger partial charge in [-0.1, -0.05) is 53.0 Å². The SMILES string of the molecule is CCNC(=O)[C@H](C)N(Cc1cccc(Cl)c1)C(=O)CN(c1ccc(Cl)c(C(F)(F)F)c1)S(=O)(=O)c1ccc(C)cc1. The van der Waals surface area contributed by atoms with Crippen LogP contribution in [0.15, 0.2) is 71.6 Å². The zero-order valence-electron chi connectivity index (χ0n) is 22.4. The van der Waals surface area contributed by atoms with Crippen molar-refractivity contribution >= 4 is 50.7 Å². The van der Waals surface area contributed by atoms with Gasteiger partial charge in [-0.15, -0.1) is 0 Å². The Morgan fingerprint density at radius 1 is 1.00 bits per heavy atom. The highest BCUT2D eigenvalue weighted by atomic mass is 35.5. The predicted molar refractivity (Wildman–Crippen MR) is 152 cm³/mol. The van der Waals surface area contributed by atoms with Crippen molar-refractivity contribution < 1.29 is 31.2 Å². The minimum atomic E-state index is -4.89. The normalized spacial score (nSPS) is 12.5. The molecule has 1 atom stereocenters. The third-order valence-corrected chi connectivity index (χ3v) is 8.54. The van der Waals surface area contributed by atoms with Crippen molar-refractivity contribution in [2.24, 2.45) is 0 Å². The number of alkyl halides is 3. The average molecular weight is 631 g/mol. The Labute approximate surface area is 246 Å². The van der Waals surface area contributed by atoms with Gasteiger partial charge in [0.25, 0.3) is 10.0 Å². The average Bonchev–Trinajstić information content (AvgIpc) is 2.90. The van der Waals surface area contributed by atoms with Gasteiger partial charge in [0.1, 0.15) is 12.6 Å². The summed E-state index contributed by atoms with van der Waals surface area (Å²) in [6.07, 6.45) is -4.89. The molecule has 0 aromatic heterocycles. The molecule has 13 heteroatoms. The van der Waals surface area contributed by atoms with Crippen molar-refractivity contribution in [3.8, 4) is 0 Å². The Morgan fingerprint density at radius 3 is 2.24 bits per heavy atom. The van der Waals surface area contributed by atoms with Crippen LogP contribution < -0.4 is 9.62 Å². The van der Waals surface area contributed by atoms with Crippen LogP contribution in [-0.4, -0.2) is 44.3 Å². The smallest absolute Gasteiger partial charge is 0.355 e. The molecule has 3 rings (SSSR count). The van der Waals surface area contributed by atoms with Gasteiger partial charge in [-0.25, -0.2) is 8.42 Å². The standard InChI is InChI=1S/C28H28Cl2F3N3O4S/c1-4-34-27(38)19(3)35(16-20-6-5-7-21(29)14-20)26(37)17-36(41(39,40)23-11-8-18(2)9-12-23)22-10-13-25(30)24(15-22)28(31,32)33/h5-15,19H,4,16-17H2,1-3H3,(H,34,38)/t19-/m0/s1. The van der Waals surface area contributed by atoms with Crippen molar-refractivity contribution in [1.29, 1.82) is 0 Å². The van der Waals surface area contributed by atoms with E-state index in [0.29, 0.717) is 21.0 Å². The number of halogens is 5. The van der Waals surface area contributed by atoms with Crippen LogP contribution >= 0.6 is 23.2 Å². The van der Waals surface area contributed by atoms with E-state index in [2.05, 4.69) is 5.32 Å². The number of anilines is 1. The lowest BCUT2D eigenvalue weighted by atomic mass is 10.1. The number of benzene rings is 3. The molecule has 0 aliphatic rings. The number of rotatable bonds is 10. The molecular formula is C28H28Cl2F3N3O4S. The van der Waals surface area contributed by atoms with Crippen LogP contribution in [0.25, 0.3) is 0 Å². The highest BCUT2D eigenvalue weighted by Crippen LogP contribution is 2.38. The first-order valence-corrected chi connectivity index (χ1v) is 14.6. The maximum Gasteiger partial charge on any atom is 0.417 e. The fourth-order valence-electron chi connectivity index (χ4n) is 3.99. The van der Waals surface area contributed by atoms with Crippen molar-refractivity contribution in [3.05, 3.63) is 93.5 Å². The van der Waals surface area contributed by atoms with Gasteiger partial charge in [0.2, 0.25) is 11.8 Å². The molecule has 2 amide bonds. The molecule has 0 saturated carbocycles. The van der Waals surface area contributed by atoms with E-state index in [0.717, 1.165) is 22.6 Å². The van der Waals surface area contributed by atoms with Crippen LogP contribution in [0.4, 0.5) is 18.9 Å². The number of nitrogens with one attached hydrogen (secondary N) is 1. The number of likely N-dealkylation sites (N-methyl/N-ethyl adjacent to an activating group) is 1. The van der Waals surface area contributed by atoms with Crippen LogP contribution in [0.3, 0.4) is 0 Å². The first-order chi connectivity index (χ1) is 19.1. The quantitative estimate of drug-likeness (QED) is 0.295. The Bertz CT molecular complexity index is 1520. The molecule has 41 heavy (non-hydrogen) atoms. The van der Waals surface area contributed by atoms with E-state index >= 15 is 0 Å². The molecule has 0 unspecified atom stereocenters. The number of amides is 2. The van der Waals surface area contributed by atoms with Gasteiger partial charge in [0.15, 0.2) is 0 Å². The summed E-state index contributed by atoms with van der Waals surface area (Å²) in [5, 5.41) is 2.37. The Hall–Kier alpha value is -3.28. The molecule has 0 saturated heterocycles. The molecule has 0 radical (unpaired) electrons. The summed E-state index contributed by atoms with van der Waals surface area (Å²) < 4.78 is 69.3. The highest BCUT2D eigenvalue weighted by Gasteiger charge is 2.37. The first kappa shape index (κ1) is 32.2. The maximum absolute atomic E-state index is 13.8. The van der Waals surface area contributed by atoms with Crippen LogP contribution in [0.1, 0.15) is 30.5 Å². The lowest BCUT2D eigenvalue weighted by molar-refractivity contribution is -0.139. The van der Waals surface area contributed by atoms with Gasteiger partial charge in [-0.2, -0.15) is 13.2 Å². The molecule has 0 fully saturated rings. The monoisotopic (exact) mass is 629 g/mol. The topological polar surface area (TPSA) is 86.8 Å². The van der Waals surface area contributed by atoms with Crippen molar-refractivity contribution in [1.82, 2.24) is 10.2 Å². The highest BCUT2D eigenvalue weighted by molar-refractivity contribution is 7.92. The summed E-state index contributed by atoms with van der Waals surface area (Å²) in [7, 11) is -4.56. The summed E-state index contributed by atoms with van der Waals surface area (Å²) in [4.78, 5) is 27.5. The lowest BCUT2D eigenvalue weighted by Gasteiger charge is -2.32. The van der Waals surface area contributed by atoms with Gasteiger partial charge in [0.05, 0.1) is 21.2 Å².